The smallest absolute Gasteiger partial charge is 0.460 e. The lowest BCUT2D eigenvalue weighted by atomic mass is 9.78. The van der Waals surface area contributed by atoms with Gasteiger partial charge in [0, 0.05) is 5.56 Å². The normalized spacial score (nSPS) is 16.0. The maximum atomic E-state index is 14.7. The molecular weight excluding hydrogens is 531 g/mol. The summed E-state index contributed by atoms with van der Waals surface area (Å²) in [5.41, 5.74) is -4.86. The molecule has 1 atom stereocenters. The van der Waals surface area contributed by atoms with Crippen molar-refractivity contribution in [3.05, 3.63) is 65.7 Å². The zero-order chi connectivity index (χ0) is 28.0. The number of methoxy groups -OCH3 is 1. The first kappa shape index (κ1) is 29.5. The van der Waals surface area contributed by atoms with E-state index in [2.05, 4.69) is 0 Å². The standard InChI is InChI=1S/C21H15F13O2/c1-36-14-10-6-5-9-13(14)15(35,12-7-3-2-4-8-12)11-16(22,23)17(24,25)18(26,27)19(28,29)20(30,31)21(32,33)34/h2-10,35H,11H2,1H3. The van der Waals surface area contributed by atoms with Gasteiger partial charge in [-0.2, -0.15) is 57.1 Å². The first-order valence-corrected chi connectivity index (χ1v) is 9.49. The summed E-state index contributed by atoms with van der Waals surface area (Å²) >= 11 is 0. The van der Waals surface area contributed by atoms with Crippen LogP contribution >= 0.6 is 0 Å². The highest BCUT2D eigenvalue weighted by Crippen LogP contribution is 2.61. The van der Waals surface area contributed by atoms with Gasteiger partial charge in [0.05, 0.1) is 13.5 Å². The van der Waals surface area contributed by atoms with Gasteiger partial charge in [0.15, 0.2) is 0 Å². The fourth-order valence-corrected chi connectivity index (χ4v) is 3.29. The zero-order valence-corrected chi connectivity index (χ0v) is 17.7. The maximum absolute atomic E-state index is 14.7. The Morgan fingerprint density at radius 2 is 1.06 bits per heavy atom. The third-order valence-electron chi connectivity index (χ3n) is 5.28. The highest BCUT2D eigenvalue weighted by molar-refractivity contribution is 5.45. The number of aliphatic hydroxyl groups is 1. The molecule has 2 aromatic rings. The van der Waals surface area contributed by atoms with Gasteiger partial charge >= 0.3 is 35.8 Å². The Morgan fingerprint density at radius 1 is 0.611 bits per heavy atom. The second-order valence-electron chi connectivity index (χ2n) is 7.60. The average molecular weight is 546 g/mol. The fourth-order valence-electron chi connectivity index (χ4n) is 3.29. The van der Waals surface area contributed by atoms with E-state index in [1.54, 1.807) is 0 Å². The van der Waals surface area contributed by atoms with Crippen molar-refractivity contribution in [3.63, 3.8) is 0 Å². The molecule has 0 aliphatic carbocycles. The highest BCUT2D eigenvalue weighted by atomic mass is 19.4. The van der Waals surface area contributed by atoms with E-state index in [-0.39, 0.29) is 0 Å². The lowest BCUT2D eigenvalue weighted by Gasteiger charge is -2.42. The molecule has 2 nitrogen and oxygen atoms in total. The van der Waals surface area contributed by atoms with E-state index in [4.69, 9.17) is 4.74 Å². The van der Waals surface area contributed by atoms with E-state index < -0.39 is 64.7 Å². The maximum Gasteiger partial charge on any atom is 0.460 e. The Hall–Kier alpha value is -2.71. The number of ether oxygens (including phenoxy) is 1. The molecule has 15 heteroatoms. The van der Waals surface area contributed by atoms with Crippen LogP contribution in [0.3, 0.4) is 0 Å². The van der Waals surface area contributed by atoms with E-state index in [9.17, 15) is 62.2 Å². The van der Waals surface area contributed by atoms with Gasteiger partial charge in [-0.3, -0.25) is 0 Å². The van der Waals surface area contributed by atoms with Crippen molar-refractivity contribution in [1.29, 1.82) is 0 Å². The molecule has 0 bridgehead atoms. The molecular formula is C21H15F13O2. The Morgan fingerprint density at radius 3 is 1.53 bits per heavy atom. The van der Waals surface area contributed by atoms with Crippen molar-refractivity contribution in [2.75, 3.05) is 7.11 Å². The summed E-state index contributed by atoms with van der Waals surface area (Å²) in [4.78, 5) is 0. The summed E-state index contributed by atoms with van der Waals surface area (Å²) < 4.78 is 181. The summed E-state index contributed by atoms with van der Waals surface area (Å²) in [6.45, 7) is 0. The van der Waals surface area contributed by atoms with Crippen LogP contribution in [0.4, 0.5) is 57.1 Å². The van der Waals surface area contributed by atoms with Gasteiger partial charge in [-0.05, 0) is 11.6 Å². The van der Waals surface area contributed by atoms with Crippen LogP contribution in [0.25, 0.3) is 0 Å². The van der Waals surface area contributed by atoms with E-state index in [0.29, 0.717) is 0 Å². The first-order valence-electron chi connectivity index (χ1n) is 9.49. The van der Waals surface area contributed by atoms with E-state index in [0.717, 1.165) is 49.6 Å². The molecule has 0 spiro atoms. The number of alkyl halides is 13. The van der Waals surface area contributed by atoms with Gasteiger partial charge < -0.3 is 9.84 Å². The zero-order valence-electron chi connectivity index (χ0n) is 17.7. The minimum Gasteiger partial charge on any atom is -0.496 e. The Kier molecular flexibility index (Phi) is 7.37. The summed E-state index contributed by atoms with van der Waals surface area (Å²) in [5, 5.41) is 11.1. The number of halogens is 13. The number of benzene rings is 2. The first-order chi connectivity index (χ1) is 16.1. The van der Waals surface area contributed by atoms with Crippen molar-refractivity contribution < 1.29 is 66.9 Å². The molecule has 0 heterocycles. The second kappa shape index (κ2) is 8.99. The Bertz CT molecular complexity index is 1050. The summed E-state index contributed by atoms with van der Waals surface area (Å²) in [5.74, 6) is -38.3. The third-order valence-corrected chi connectivity index (χ3v) is 5.28. The third kappa shape index (κ3) is 4.34. The van der Waals surface area contributed by atoms with Crippen LogP contribution in [0.2, 0.25) is 0 Å². The summed E-state index contributed by atoms with van der Waals surface area (Å²) in [6, 6.07) is 9.25. The average Bonchev–Trinajstić information content (AvgIpc) is 2.78. The number of para-hydroxylation sites is 1. The molecule has 1 unspecified atom stereocenters. The molecule has 0 aromatic heterocycles. The van der Waals surface area contributed by atoms with Crippen LogP contribution < -0.4 is 4.74 Å². The SMILES string of the molecule is COc1ccccc1C(O)(CC(F)(F)C(F)(F)C(F)(F)C(F)(F)C(F)(F)C(F)(F)F)c1ccccc1. The van der Waals surface area contributed by atoms with Gasteiger partial charge in [-0.15, -0.1) is 0 Å². The van der Waals surface area contributed by atoms with Crippen molar-refractivity contribution in [1.82, 2.24) is 0 Å². The molecule has 2 aromatic carbocycles. The van der Waals surface area contributed by atoms with Crippen LogP contribution in [0, 0.1) is 0 Å². The quantitative estimate of drug-likeness (QED) is 0.342. The predicted molar refractivity (Wildman–Crippen MR) is 97.8 cm³/mol. The van der Waals surface area contributed by atoms with Crippen molar-refractivity contribution in [3.8, 4) is 5.75 Å². The predicted octanol–water partition coefficient (Wildman–Crippen LogP) is 7.06. The fraction of sp³-hybridized carbons (Fsp3) is 0.429. The summed E-state index contributed by atoms with van der Waals surface area (Å²) in [6.07, 6.45) is -10.4. The molecule has 0 saturated heterocycles. The van der Waals surface area contributed by atoms with Crippen LogP contribution in [-0.2, 0) is 5.60 Å². The lowest BCUT2D eigenvalue weighted by Crippen LogP contribution is -2.70. The van der Waals surface area contributed by atoms with Crippen LogP contribution in [0.15, 0.2) is 54.6 Å². The largest absolute Gasteiger partial charge is 0.496 e. The van der Waals surface area contributed by atoms with E-state index in [1.165, 1.54) is 12.1 Å². The summed E-state index contributed by atoms with van der Waals surface area (Å²) in [7, 11) is 0.935. The molecule has 1 N–H and O–H groups in total. The van der Waals surface area contributed by atoms with Gasteiger partial charge in [0.2, 0.25) is 0 Å². The minimum absolute atomic E-state index is 0.469. The van der Waals surface area contributed by atoms with Crippen molar-refractivity contribution in [2.24, 2.45) is 0 Å². The molecule has 0 amide bonds. The number of rotatable bonds is 9. The van der Waals surface area contributed by atoms with Crippen molar-refractivity contribution >= 4 is 0 Å². The molecule has 36 heavy (non-hydrogen) atoms. The monoisotopic (exact) mass is 546 g/mol. The molecule has 0 aliphatic rings. The Labute approximate surface area is 194 Å². The molecule has 0 fully saturated rings. The lowest BCUT2D eigenvalue weighted by molar-refractivity contribution is -0.441. The van der Waals surface area contributed by atoms with Gasteiger partial charge in [0.25, 0.3) is 0 Å². The van der Waals surface area contributed by atoms with Crippen molar-refractivity contribution in [2.45, 2.75) is 47.8 Å². The van der Waals surface area contributed by atoms with E-state index in [1.807, 2.05) is 0 Å². The minimum atomic E-state index is -8.03. The second-order valence-corrected chi connectivity index (χ2v) is 7.60. The van der Waals surface area contributed by atoms with Gasteiger partial charge in [-0.1, -0.05) is 48.5 Å². The number of hydrogen-bond acceptors (Lipinski definition) is 2. The Balaban J connectivity index is 2.71. The molecule has 202 valence electrons. The molecule has 0 saturated carbocycles. The topological polar surface area (TPSA) is 29.5 Å². The molecule has 0 aliphatic heterocycles. The molecule has 0 radical (unpaired) electrons. The van der Waals surface area contributed by atoms with Gasteiger partial charge in [-0.25, -0.2) is 0 Å². The number of hydrogen-bond donors (Lipinski definition) is 1. The molecule has 2 rings (SSSR count). The highest BCUT2D eigenvalue weighted by Gasteiger charge is 2.90. The van der Waals surface area contributed by atoms with Crippen LogP contribution in [-0.4, -0.2) is 48.0 Å². The van der Waals surface area contributed by atoms with E-state index >= 15 is 0 Å². The van der Waals surface area contributed by atoms with Crippen LogP contribution in [0.1, 0.15) is 17.5 Å². The van der Waals surface area contributed by atoms with Crippen LogP contribution in [0.5, 0.6) is 5.75 Å². The van der Waals surface area contributed by atoms with Gasteiger partial charge in [0.1, 0.15) is 11.4 Å².